The lowest BCUT2D eigenvalue weighted by atomic mass is 10.2. The fourth-order valence-corrected chi connectivity index (χ4v) is 3.42. The van der Waals surface area contributed by atoms with Crippen LogP contribution < -0.4 is 10.0 Å². The zero-order chi connectivity index (χ0) is 17.0. The Morgan fingerprint density at radius 1 is 1.38 bits per heavy atom. The number of nitrogens with zero attached hydrogens (tertiary/aromatic N) is 1. The van der Waals surface area contributed by atoms with Crippen LogP contribution in [0.15, 0.2) is 23.1 Å². The SMILES string of the molecule is C[C@@H]1CNCCN1C(=O)CCNS(=O)(=O)c1ccc(F)c(F)c1.Cl. The Balaban J connectivity index is 0.00000288. The van der Waals surface area contributed by atoms with E-state index in [-0.39, 0.29) is 42.2 Å². The maximum atomic E-state index is 13.1. The third-order valence-electron chi connectivity index (χ3n) is 3.65. The average Bonchev–Trinajstić information content (AvgIpc) is 2.50. The second kappa shape index (κ2) is 8.70. The van der Waals surface area contributed by atoms with Gasteiger partial charge in [-0.3, -0.25) is 4.79 Å². The van der Waals surface area contributed by atoms with Crippen molar-refractivity contribution in [3.63, 3.8) is 0 Å². The lowest BCUT2D eigenvalue weighted by molar-refractivity contribution is -0.133. The Morgan fingerprint density at radius 3 is 2.71 bits per heavy atom. The normalized spacial score (nSPS) is 18.1. The van der Waals surface area contributed by atoms with Gasteiger partial charge in [-0.15, -0.1) is 12.4 Å². The molecule has 0 radical (unpaired) electrons. The maximum Gasteiger partial charge on any atom is 0.240 e. The van der Waals surface area contributed by atoms with Crippen LogP contribution in [0.2, 0.25) is 0 Å². The molecule has 0 unspecified atom stereocenters. The van der Waals surface area contributed by atoms with Crippen molar-refractivity contribution in [2.45, 2.75) is 24.3 Å². The van der Waals surface area contributed by atoms with Gasteiger partial charge in [0.2, 0.25) is 15.9 Å². The Labute approximate surface area is 146 Å². The minimum atomic E-state index is -3.98. The first-order chi connectivity index (χ1) is 10.8. The number of nitrogens with one attached hydrogen (secondary N) is 2. The summed E-state index contributed by atoms with van der Waals surface area (Å²) in [6, 6.07) is 2.38. The molecule has 1 aromatic rings. The molecule has 0 aromatic heterocycles. The summed E-state index contributed by atoms with van der Waals surface area (Å²) < 4.78 is 52.1. The van der Waals surface area contributed by atoms with E-state index >= 15 is 0 Å². The molecule has 6 nitrogen and oxygen atoms in total. The molecule has 24 heavy (non-hydrogen) atoms. The highest BCUT2D eigenvalue weighted by molar-refractivity contribution is 7.89. The zero-order valence-electron chi connectivity index (χ0n) is 13.1. The maximum absolute atomic E-state index is 13.1. The molecule has 1 heterocycles. The van der Waals surface area contributed by atoms with E-state index in [2.05, 4.69) is 10.0 Å². The van der Waals surface area contributed by atoms with Crippen molar-refractivity contribution < 1.29 is 22.0 Å². The summed E-state index contributed by atoms with van der Waals surface area (Å²) in [6.07, 6.45) is 0.00719. The van der Waals surface area contributed by atoms with E-state index in [4.69, 9.17) is 0 Å². The number of benzene rings is 1. The molecule has 136 valence electrons. The van der Waals surface area contributed by atoms with Crippen LogP contribution in [0.3, 0.4) is 0 Å². The van der Waals surface area contributed by atoms with Gasteiger partial charge in [0.25, 0.3) is 0 Å². The fourth-order valence-electron chi connectivity index (χ4n) is 2.37. The Hall–Kier alpha value is -1.29. The standard InChI is InChI=1S/C14H19F2N3O3S.ClH/c1-10-9-17-6-7-19(10)14(20)4-5-18-23(21,22)11-2-3-12(15)13(16)8-11;/h2-3,8,10,17-18H,4-7,9H2,1H3;1H/t10-;/m1./s1. The second-order valence-electron chi connectivity index (χ2n) is 5.36. The van der Waals surface area contributed by atoms with Gasteiger partial charge in [-0.25, -0.2) is 21.9 Å². The van der Waals surface area contributed by atoms with Gasteiger partial charge in [-0.1, -0.05) is 0 Å². The number of sulfonamides is 1. The minimum absolute atomic E-state index is 0. The predicted octanol–water partition coefficient (Wildman–Crippen LogP) is 0.875. The third kappa shape index (κ3) is 5.10. The molecule has 1 amide bonds. The van der Waals surface area contributed by atoms with Gasteiger partial charge in [-0.2, -0.15) is 0 Å². The molecule has 1 aliphatic heterocycles. The number of carbonyl (C=O) groups excluding carboxylic acids is 1. The lowest BCUT2D eigenvalue weighted by Gasteiger charge is -2.34. The summed E-state index contributed by atoms with van der Waals surface area (Å²) in [6.45, 7) is 3.80. The minimum Gasteiger partial charge on any atom is -0.337 e. The van der Waals surface area contributed by atoms with Gasteiger partial charge < -0.3 is 10.2 Å². The number of piperazine rings is 1. The molecule has 0 bridgehead atoms. The van der Waals surface area contributed by atoms with Crippen molar-refractivity contribution in [2.24, 2.45) is 0 Å². The molecule has 0 aliphatic carbocycles. The quantitative estimate of drug-likeness (QED) is 0.791. The zero-order valence-corrected chi connectivity index (χ0v) is 14.7. The van der Waals surface area contributed by atoms with Gasteiger partial charge in [0.1, 0.15) is 0 Å². The van der Waals surface area contributed by atoms with Crippen LogP contribution in [-0.4, -0.2) is 51.4 Å². The Bertz CT molecular complexity index is 688. The van der Waals surface area contributed by atoms with Crippen LogP contribution >= 0.6 is 12.4 Å². The summed E-state index contributed by atoms with van der Waals surface area (Å²) in [5.74, 6) is -2.50. The van der Waals surface area contributed by atoms with Crippen LogP contribution in [-0.2, 0) is 14.8 Å². The highest BCUT2D eigenvalue weighted by Crippen LogP contribution is 2.13. The number of halogens is 3. The third-order valence-corrected chi connectivity index (χ3v) is 5.11. The first-order valence-corrected chi connectivity index (χ1v) is 8.74. The fraction of sp³-hybridized carbons (Fsp3) is 0.500. The van der Waals surface area contributed by atoms with Crippen molar-refractivity contribution in [1.82, 2.24) is 14.9 Å². The van der Waals surface area contributed by atoms with Crippen molar-refractivity contribution in [3.8, 4) is 0 Å². The van der Waals surface area contributed by atoms with Gasteiger partial charge in [0.05, 0.1) is 4.90 Å². The highest BCUT2D eigenvalue weighted by Gasteiger charge is 2.23. The molecule has 1 atom stereocenters. The van der Waals surface area contributed by atoms with Gasteiger partial charge >= 0.3 is 0 Å². The molecule has 0 spiro atoms. The summed E-state index contributed by atoms with van der Waals surface area (Å²) in [5, 5.41) is 3.16. The van der Waals surface area contributed by atoms with E-state index in [0.29, 0.717) is 25.7 Å². The van der Waals surface area contributed by atoms with Crippen LogP contribution in [0.1, 0.15) is 13.3 Å². The van der Waals surface area contributed by atoms with Crippen molar-refractivity contribution in [2.75, 3.05) is 26.2 Å². The molecule has 2 N–H and O–H groups in total. The number of carbonyl (C=O) groups is 1. The van der Waals surface area contributed by atoms with E-state index < -0.39 is 21.7 Å². The summed E-state index contributed by atoms with van der Waals surface area (Å²) in [7, 11) is -3.98. The molecule has 1 saturated heterocycles. The van der Waals surface area contributed by atoms with Crippen LogP contribution in [0.5, 0.6) is 0 Å². The van der Waals surface area contributed by atoms with E-state index in [1.165, 1.54) is 0 Å². The topological polar surface area (TPSA) is 78.5 Å². The molecule has 10 heteroatoms. The largest absolute Gasteiger partial charge is 0.337 e. The van der Waals surface area contributed by atoms with E-state index in [1.54, 1.807) is 4.90 Å². The van der Waals surface area contributed by atoms with Crippen molar-refractivity contribution in [3.05, 3.63) is 29.8 Å². The summed E-state index contributed by atoms with van der Waals surface area (Å²) in [4.78, 5) is 13.4. The van der Waals surface area contributed by atoms with Gasteiger partial charge in [0.15, 0.2) is 11.6 Å². The van der Waals surface area contributed by atoms with Crippen LogP contribution in [0.4, 0.5) is 8.78 Å². The molecule has 0 saturated carbocycles. The first-order valence-electron chi connectivity index (χ1n) is 7.26. The molecule has 1 aromatic carbocycles. The van der Waals surface area contributed by atoms with Crippen molar-refractivity contribution in [1.29, 1.82) is 0 Å². The van der Waals surface area contributed by atoms with Crippen LogP contribution in [0, 0.1) is 11.6 Å². The Kier molecular flexibility index (Phi) is 7.53. The molecule has 1 fully saturated rings. The summed E-state index contributed by atoms with van der Waals surface area (Å²) in [5.41, 5.74) is 0. The van der Waals surface area contributed by atoms with E-state index in [9.17, 15) is 22.0 Å². The molecule has 2 rings (SSSR count). The summed E-state index contributed by atoms with van der Waals surface area (Å²) >= 11 is 0. The predicted molar refractivity (Wildman–Crippen MR) is 87.5 cm³/mol. The lowest BCUT2D eigenvalue weighted by Crippen LogP contribution is -2.52. The number of hydrogen-bond donors (Lipinski definition) is 2. The van der Waals surface area contributed by atoms with E-state index in [0.717, 1.165) is 12.1 Å². The van der Waals surface area contributed by atoms with Crippen molar-refractivity contribution >= 4 is 28.3 Å². The molecular formula is C14H20ClF2N3O3S. The van der Waals surface area contributed by atoms with Gasteiger partial charge in [-0.05, 0) is 25.1 Å². The monoisotopic (exact) mass is 383 g/mol. The Morgan fingerprint density at radius 2 is 2.08 bits per heavy atom. The number of rotatable bonds is 5. The first kappa shape index (κ1) is 20.8. The van der Waals surface area contributed by atoms with Gasteiger partial charge in [0, 0.05) is 38.6 Å². The second-order valence-corrected chi connectivity index (χ2v) is 7.13. The highest BCUT2D eigenvalue weighted by atomic mass is 35.5. The van der Waals surface area contributed by atoms with Crippen LogP contribution in [0.25, 0.3) is 0 Å². The average molecular weight is 384 g/mol. The smallest absolute Gasteiger partial charge is 0.240 e. The number of hydrogen-bond acceptors (Lipinski definition) is 4. The van der Waals surface area contributed by atoms with E-state index in [1.807, 2.05) is 6.92 Å². The number of amides is 1. The molecule has 1 aliphatic rings. The molecular weight excluding hydrogens is 364 g/mol.